The van der Waals surface area contributed by atoms with Crippen LogP contribution in [0.1, 0.15) is 26.7 Å². The number of rotatable bonds is 4. The summed E-state index contributed by atoms with van der Waals surface area (Å²) in [6.45, 7) is 4.22. The lowest BCUT2D eigenvalue weighted by atomic mass is 9.84. The van der Waals surface area contributed by atoms with Crippen molar-refractivity contribution >= 4 is 5.78 Å². The Balaban J connectivity index is 3.01. The lowest BCUT2D eigenvalue weighted by Crippen LogP contribution is -2.78. The minimum absolute atomic E-state index is 0.255. The molecule has 1 aliphatic rings. The van der Waals surface area contributed by atoms with Crippen molar-refractivity contribution in [2.75, 3.05) is 21.1 Å². The number of carbonyl (C=O) groups is 1. The molecule has 1 aliphatic heterocycles. The van der Waals surface area contributed by atoms with Gasteiger partial charge in [0.05, 0.1) is 12.1 Å². The van der Waals surface area contributed by atoms with Crippen molar-refractivity contribution < 1.29 is 4.79 Å². The van der Waals surface area contributed by atoms with Crippen LogP contribution < -0.4 is 21.3 Å². The number of nitrogens with one attached hydrogen (secondary N) is 4. The molecule has 0 amide bonds. The number of piperidine rings is 1. The van der Waals surface area contributed by atoms with E-state index < -0.39 is 5.79 Å². The number of hydrogen-bond donors (Lipinski definition) is 4. The first-order chi connectivity index (χ1) is 7.43. The van der Waals surface area contributed by atoms with Gasteiger partial charge in [0.25, 0.3) is 0 Å². The van der Waals surface area contributed by atoms with Crippen LogP contribution in [0.2, 0.25) is 0 Å². The zero-order valence-electron chi connectivity index (χ0n) is 10.9. The highest BCUT2D eigenvalue weighted by Crippen LogP contribution is 2.27. The normalized spacial score (nSPS) is 29.8. The molecule has 0 radical (unpaired) electrons. The van der Waals surface area contributed by atoms with E-state index in [9.17, 15) is 4.79 Å². The average molecular weight is 228 g/mol. The van der Waals surface area contributed by atoms with Crippen molar-refractivity contribution in [1.29, 1.82) is 0 Å². The Morgan fingerprint density at radius 3 is 2.06 bits per heavy atom. The third kappa shape index (κ3) is 2.27. The Bertz CT molecular complexity index is 263. The molecule has 0 spiro atoms. The van der Waals surface area contributed by atoms with Crippen molar-refractivity contribution in [3.05, 3.63) is 0 Å². The summed E-state index contributed by atoms with van der Waals surface area (Å²) in [5.74, 6) is 0.0659. The van der Waals surface area contributed by atoms with Gasteiger partial charge < -0.3 is 5.32 Å². The maximum Gasteiger partial charge on any atom is 0.140 e. The van der Waals surface area contributed by atoms with E-state index in [1.807, 2.05) is 21.1 Å². The minimum atomic E-state index is -0.511. The molecule has 0 aromatic carbocycles. The molecule has 5 nitrogen and oxygen atoms in total. The maximum absolute atomic E-state index is 11.9. The van der Waals surface area contributed by atoms with Crippen molar-refractivity contribution in [3.8, 4) is 0 Å². The van der Waals surface area contributed by atoms with E-state index in [0.717, 1.165) is 0 Å². The number of Topliss-reactive ketones (excluding diaryl/α,β-unsaturated/α-hetero) is 1. The third-order valence-electron chi connectivity index (χ3n) is 3.66. The van der Waals surface area contributed by atoms with Gasteiger partial charge in [-0.1, -0.05) is 13.8 Å². The molecule has 0 aromatic rings. The van der Waals surface area contributed by atoms with E-state index in [0.29, 0.717) is 18.8 Å². The SMILES string of the molecule is CNC1(NC)CC(=O)CC(NC)(C(C)C)N1. The van der Waals surface area contributed by atoms with Crippen LogP contribution >= 0.6 is 0 Å². The van der Waals surface area contributed by atoms with Gasteiger partial charge in [0, 0.05) is 6.42 Å². The summed E-state index contributed by atoms with van der Waals surface area (Å²) in [6, 6.07) is 0. The predicted octanol–water partition coefficient (Wildman–Crippen LogP) is -0.397. The largest absolute Gasteiger partial charge is 0.302 e. The van der Waals surface area contributed by atoms with E-state index in [2.05, 4.69) is 35.1 Å². The molecule has 0 bridgehead atoms. The summed E-state index contributed by atoms with van der Waals surface area (Å²) in [7, 11) is 5.59. The number of carbonyl (C=O) groups excluding carboxylic acids is 1. The fraction of sp³-hybridized carbons (Fsp3) is 0.909. The van der Waals surface area contributed by atoms with Gasteiger partial charge >= 0.3 is 0 Å². The van der Waals surface area contributed by atoms with Crippen LogP contribution in [0.4, 0.5) is 0 Å². The minimum Gasteiger partial charge on any atom is -0.302 e. The molecule has 0 aliphatic carbocycles. The molecule has 0 saturated carbocycles. The fourth-order valence-electron chi connectivity index (χ4n) is 2.35. The van der Waals surface area contributed by atoms with Gasteiger partial charge in [0.1, 0.15) is 11.6 Å². The molecule has 0 aromatic heterocycles. The first kappa shape index (κ1) is 13.6. The van der Waals surface area contributed by atoms with Gasteiger partial charge in [-0.15, -0.1) is 0 Å². The second-order valence-corrected chi connectivity index (χ2v) is 4.80. The third-order valence-corrected chi connectivity index (χ3v) is 3.66. The second-order valence-electron chi connectivity index (χ2n) is 4.80. The van der Waals surface area contributed by atoms with Crippen LogP contribution in [-0.2, 0) is 4.79 Å². The van der Waals surface area contributed by atoms with Crippen molar-refractivity contribution in [1.82, 2.24) is 21.3 Å². The number of ketones is 1. The lowest BCUT2D eigenvalue weighted by Gasteiger charge is -2.50. The summed E-state index contributed by atoms with van der Waals surface area (Å²) in [5.41, 5.74) is -0.346. The Kier molecular flexibility index (Phi) is 4.07. The van der Waals surface area contributed by atoms with Gasteiger partial charge in [-0.25, -0.2) is 0 Å². The molecule has 1 rings (SSSR count). The van der Waals surface area contributed by atoms with Crippen LogP contribution in [0.3, 0.4) is 0 Å². The van der Waals surface area contributed by atoms with Gasteiger partial charge in [-0.3, -0.25) is 20.7 Å². The smallest absolute Gasteiger partial charge is 0.140 e. The van der Waals surface area contributed by atoms with Crippen LogP contribution in [-0.4, -0.2) is 38.4 Å². The van der Waals surface area contributed by atoms with Crippen molar-refractivity contribution in [3.63, 3.8) is 0 Å². The van der Waals surface area contributed by atoms with E-state index in [1.54, 1.807) is 0 Å². The van der Waals surface area contributed by atoms with E-state index >= 15 is 0 Å². The molecular formula is C11H24N4O. The van der Waals surface area contributed by atoms with E-state index in [-0.39, 0.29) is 11.4 Å². The molecule has 1 atom stereocenters. The highest BCUT2D eigenvalue weighted by molar-refractivity contribution is 5.81. The summed E-state index contributed by atoms with van der Waals surface area (Å²) in [5, 5.41) is 13.1. The monoisotopic (exact) mass is 228 g/mol. The first-order valence-corrected chi connectivity index (χ1v) is 5.81. The van der Waals surface area contributed by atoms with Crippen LogP contribution in [0, 0.1) is 5.92 Å². The van der Waals surface area contributed by atoms with Gasteiger partial charge in [0.15, 0.2) is 0 Å². The Hall–Kier alpha value is -0.490. The number of hydrogen-bond acceptors (Lipinski definition) is 5. The van der Waals surface area contributed by atoms with Crippen LogP contribution in [0.5, 0.6) is 0 Å². The molecule has 1 saturated heterocycles. The topological polar surface area (TPSA) is 65.2 Å². The Morgan fingerprint density at radius 1 is 1.12 bits per heavy atom. The molecule has 1 unspecified atom stereocenters. The maximum atomic E-state index is 11.9. The van der Waals surface area contributed by atoms with E-state index in [1.165, 1.54) is 0 Å². The summed E-state index contributed by atoms with van der Waals surface area (Å²) < 4.78 is 0. The molecule has 1 fully saturated rings. The Labute approximate surface area is 97.7 Å². The molecule has 5 heteroatoms. The highest BCUT2D eigenvalue weighted by Gasteiger charge is 2.47. The standard InChI is InChI=1S/C11H24N4O/c1-8(2)10(12-3)6-9(16)7-11(13-4,14-5)15-10/h8,12-15H,6-7H2,1-5H3. The zero-order chi connectivity index (χ0) is 12.4. The Morgan fingerprint density at radius 2 is 1.69 bits per heavy atom. The second kappa shape index (κ2) is 4.79. The summed E-state index contributed by atoms with van der Waals surface area (Å²) in [6.07, 6.45) is 0.975. The van der Waals surface area contributed by atoms with Crippen LogP contribution in [0.15, 0.2) is 0 Å². The van der Waals surface area contributed by atoms with E-state index in [4.69, 9.17) is 0 Å². The van der Waals surface area contributed by atoms with Crippen molar-refractivity contribution in [2.45, 2.75) is 38.1 Å². The predicted molar refractivity (Wildman–Crippen MR) is 64.9 cm³/mol. The molecule has 16 heavy (non-hydrogen) atoms. The fourth-order valence-corrected chi connectivity index (χ4v) is 2.35. The molecule has 4 N–H and O–H groups in total. The van der Waals surface area contributed by atoms with Crippen molar-refractivity contribution in [2.24, 2.45) is 5.92 Å². The van der Waals surface area contributed by atoms with Crippen LogP contribution in [0.25, 0.3) is 0 Å². The molecule has 1 heterocycles. The quantitative estimate of drug-likeness (QED) is 0.493. The lowest BCUT2D eigenvalue weighted by molar-refractivity contribution is -0.129. The molecule has 94 valence electrons. The highest BCUT2D eigenvalue weighted by atomic mass is 16.1. The summed E-state index contributed by atoms with van der Waals surface area (Å²) >= 11 is 0. The van der Waals surface area contributed by atoms with Gasteiger partial charge in [0.2, 0.25) is 0 Å². The first-order valence-electron chi connectivity index (χ1n) is 5.81. The average Bonchev–Trinajstić information content (AvgIpc) is 2.27. The summed E-state index contributed by atoms with van der Waals surface area (Å²) in [4.78, 5) is 11.9. The van der Waals surface area contributed by atoms with Gasteiger partial charge in [-0.05, 0) is 27.1 Å². The molecular weight excluding hydrogens is 204 g/mol. The van der Waals surface area contributed by atoms with Gasteiger partial charge in [-0.2, -0.15) is 0 Å². The zero-order valence-corrected chi connectivity index (χ0v) is 10.9.